The van der Waals surface area contributed by atoms with E-state index in [4.69, 9.17) is 5.11 Å². The molecule has 0 spiro atoms. The molecule has 18 heavy (non-hydrogen) atoms. The molecular formula is C14H20N2O2. The van der Waals surface area contributed by atoms with Gasteiger partial charge in [0.05, 0.1) is 0 Å². The number of rotatable bonds is 3. The lowest BCUT2D eigenvalue weighted by Gasteiger charge is -2.36. The Bertz CT molecular complexity index is 394. The Morgan fingerprint density at radius 1 is 1.44 bits per heavy atom. The van der Waals surface area contributed by atoms with Crippen molar-refractivity contribution in [3.8, 4) is 0 Å². The summed E-state index contributed by atoms with van der Waals surface area (Å²) in [5.74, 6) is 0.360. The monoisotopic (exact) mass is 248 g/mol. The van der Waals surface area contributed by atoms with Crippen LogP contribution in [0.15, 0.2) is 30.3 Å². The zero-order valence-electron chi connectivity index (χ0n) is 10.7. The van der Waals surface area contributed by atoms with E-state index in [-0.39, 0.29) is 6.04 Å². The maximum atomic E-state index is 10.7. The molecule has 0 radical (unpaired) electrons. The number of hydrogen-bond acceptors (Lipinski definition) is 2. The Balaban J connectivity index is 1.86. The van der Waals surface area contributed by atoms with Crippen LogP contribution in [0.3, 0.4) is 0 Å². The molecule has 0 unspecified atom stereocenters. The highest BCUT2D eigenvalue weighted by atomic mass is 16.4. The lowest BCUT2D eigenvalue weighted by atomic mass is 9.93. The Morgan fingerprint density at radius 2 is 2.17 bits per heavy atom. The number of likely N-dealkylation sites (tertiary alicyclic amines) is 1. The summed E-state index contributed by atoms with van der Waals surface area (Å²) in [6, 6.07) is 10.5. The van der Waals surface area contributed by atoms with Crippen LogP contribution in [0.4, 0.5) is 4.79 Å². The van der Waals surface area contributed by atoms with Crippen molar-refractivity contribution in [3.05, 3.63) is 35.9 Å². The summed E-state index contributed by atoms with van der Waals surface area (Å²) in [6.45, 7) is 4.95. The van der Waals surface area contributed by atoms with Crippen molar-refractivity contribution in [3.63, 3.8) is 0 Å². The third kappa shape index (κ3) is 3.47. The Morgan fingerprint density at radius 3 is 2.78 bits per heavy atom. The molecule has 4 heteroatoms. The summed E-state index contributed by atoms with van der Waals surface area (Å²) >= 11 is 0. The maximum Gasteiger partial charge on any atom is 0.404 e. The minimum Gasteiger partial charge on any atom is -0.465 e. The topological polar surface area (TPSA) is 52.6 Å². The molecule has 1 heterocycles. The molecular weight excluding hydrogens is 228 g/mol. The van der Waals surface area contributed by atoms with Crippen LogP contribution in [0.1, 0.15) is 18.9 Å². The number of carboxylic acid groups (broad SMARTS) is 1. The number of nitrogens with zero attached hydrogens (tertiary/aromatic N) is 1. The summed E-state index contributed by atoms with van der Waals surface area (Å²) in [5, 5.41) is 11.4. The molecule has 1 aliphatic heterocycles. The lowest BCUT2D eigenvalue weighted by Crippen LogP contribution is -2.49. The fourth-order valence-corrected chi connectivity index (χ4v) is 2.59. The first kappa shape index (κ1) is 12.9. The normalized spacial score (nSPS) is 24.7. The van der Waals surface area contributed by atoms with Crippen LogP contribution >= 0.6 is 0 Å². The first-order chi connectivity index (χ1) is 8.65. The van der Waals surface area contributed by atoms with Crippen molar-refractivity contribution in [1.82, 2.24) is 10.2 Å². The van der Waals surface area contributed by atoms with Crippen LogP contribution in [-0.4, -0.2) is 35.2 Å². The van der Waals surface area contributed by atoms with Gasteiger partial charge in [0.1, 0.15) is 0 Å². The van der Waals surface area contributed by atoms with Crippen molar-refractivity contribution in [2.45, 2.75) is 25.9 Å². The van der Waals surface area contributed by atoms with E-state index in [0.717, 1.165) is 26.1 Å². The SMILES string of the molecule is C[C@@H]1CN(Cc2ccccc2)CC[C@H]1NC(=O)O. The van der Waals surface area contributed by atoms with E-state index in [0.29, 0.717) is 5.92 Å². The molecule has 1 aliphatic rings. The molecule has 1 saturated heterocycles. The van der Waals surface area contributed by atoms with Crippen molar-refractivity contribution < 1.29 is 9.90 Å². The number of benzene rings is 1. The minimum atomic E-state index is -0.914. The fraction of sp³-hybridized carbons (Fsp3) is 0.500. The summed E-state index contributed by atoms with van der Waals surface area (Å²) in [5.41, 5.74) is 1.31. The fourth-order valence-electron chi connectivity index (χ4n) is 2.59. The van der Waals surface area contributed by atoms with E-state index in [1.807, 2.05) is 6.07 Å². The molecule has 1 aromatic rings. The molecule has 4 nitrogen and oxygen atoms in total. The van der Waals surface area contributed by atoms with Gasteiger partial charge in [-0.25, -0.2) is 4.79 Å². The molecule has 2 rings (SSSR count). The molecule has 0 aromatic heterocycles. The highest BCUT2D eigenvalue weighted by Gasteiger charge is 2.26. The first-order valence-corrected chi connectivity index (χ1v) is 6.41. The third-order valence-electron chi connectivity index (χ3n) is 3.55. The van der Waals surface area contributed by atoms with Gasteiger partial charge in [-0.2, -0.15) is 0 Å². The molecule has 0 bridgehead atoms. The summed E-state index contributed by atoms with van der Waals surface area (Å²) in [4.78, 5) is 13.0. The summed E-state index contributed by atoms with van der Waals surface area (Å²) < 4.78 is 0. The van der Waals surface area contributed by atoms with E-state index >= 15 is 0 Å². The number of piperidine rings is 1. The standard InChI is InChI=1S/C14H20N2O2/c1-11-9-16(8-7-13(11)15-14(17)18)10-12-5-3-2-4-6-12/h2-6,11,13,15H,7-10H2,1H3,(H,17,18)/t11-,13-/m1/s1. The molecule has 0 aliphatic carbocycles. The first-order valence-electron chi connectivity index (χ1n) is 6.41. The van der Waals surface area contributed by atoms with E-state index in [1.165, 1.54) is 5.56 Å². The van der Waals surface area contributed by atoms with Gasteiger partial charge in [0.15, 0.2) is 0 Å². The maximum absolute atomic E-state index is 10.7. The third-order valence-corrected chi connectivity index (χ3v) is 3.55. The molecule has 1 fully saturated rings. The van der Waals surface area contributed by atoms with Gasteiger partial charge in [-0.1, -0.05) is 37.3 Å². The highest BCUT2D eigenvalue weighted by molar-refractivity contribution is 5.64. The average molecular weight is 248 g/mol. The summed E-state index contributed by atoms with van der Waals surface area (Å²) in [6.07, 6.45) is -0.0244. The van der Waals surface area contributed by atoms with Crippen LogP contribution in [0.2, 0.25) is 0 Å². The number of hydrogen-bond donors (Lipinski definition) is 2. The predicted octanol–water partition coefficient (Wildman–Crippen LogP) is 2.16. The van der Waals surface area contributed by atoms with E-state index in [2.05, 4.69) is 41.4 Å². The Kier molecular flexibility index (Phi) is 4.20. The van der Waals surface area contributed by atoms with Crippen molar-refractivity contribution in [2.75, 3.05) is 13.1 Å². The van der Waals surface area contributed by atoms with Gasteiger partial charge in [0, 0.05) is 25.7 Å². The van der Waals surface area contributed by atoms with Gasteiger partial charge in [-0.3, -0.25) is 4.90 Å². The predicted molar refractivity (Wildman–Crippen MR) is 70.4 cm³/mol. The number of carbonyl (C=O) groups is 1. The van der Waals surface area contributed by atoms with Crippen molar-refractivity contribution in [2.24, 2.45) is 5.92 Å². The largest absolute Gasteiger partial charge is 0.465 e. The van der Waals surface area contributed by atoms with Gasteiger partial charge >= 0.3 is 6.09 Å². The highest BCUT2D eigenvalue weighted by Crippen LogP contribution is 2.18. The van der Waals surface area contributed by atoms with Gasteiger partial charge in [0.2, 0.25) is 0 Å². The number of amides is 1. The number of nitrogens with one attached hydrogen (secondary N) is 1. The zero-order valence-corrected chi connectivity index (χ0v) is 10.7. The van der Waals surface area contributed by atoms with E-state index < -0.39 is 6.09 Å². The van der Waals surface area contributed by atoms with Crippen LogP contribution in [0.5, 0.6) is 0 Å². The molecule has 2 N–H and O–H groups in total. The van der Waals surface area contributed by atoms with Gasteiger partial charge in [-0.15, -0.1) is 0 Å². The van der Waals surface area contributed by atoms with Crippen LogP contribution in [0.25, 0.3) is 0 Å². The molecule has 1 amide bonds. The zero-order chi connectivity index (χ0) is 13.0. The summed E-state index contributed by atoms with van der Waals surface area (Å²) in [7, 11) is 0. The van der Waals surface area contributed by atoms with Crippen LogP contribution < -0.4 is 5.32 Å². The second-order valence-electron chi connectivity index (χ2n) is 5.04. The van der Waals surface area contributed by atoms with Gasteiger partial charge in [0.25, 0.3) is 0 Å². The second-order valence-corrected chi connectivity index (χ2v) is 5.04. The van der Waals surface area contributed by atoms with Crippen LogP contribution in [-0.2, 0) is 6.54 Å². The Hall–Kier alpha value is -1.55. The Labute approximate surface area is 108 Å². The molecule has 2 atom stereocenters. The smallest absolute Gasteiger partial charge is 0.404 e. The molecule has 98 valence electrons. The minimum absolute atomic E-state index is 0.0922. The van der Waals surface area contributed by atoms with Gasteiger partial charge in [-0.05, 0) is 17.9 Å². The van der Waals surface area contributed by atoms with Crippen molar-refractivity contribution in [1.29, 1.82) is 0 Å². The lowest BCUT2D eigenvalue weighted by molar-refractivity contribution is 0.131. The average Bonchev–Trinajstić information content (AvgIpc) is 2.33. The van der Waals surface area contributed by atoms with E-state index in [1.54, 1.807) is 0 Å². The molecule has 1 aromatic carbocycles. The quantitative estimate of drug-likeness (QED) is 0.862. The van der Waals surface area contributed by atoms with Crippen LogP contribution in [0, 0.1) is 5.92 Å². The van der Waals surface area contributed by atoms with Crippen molar-refractivity contribution >= 4 is 6.09 Å². The van der Waals surface area contributed by atoms with Gasteiger partial charge < -0.3 is 10.4 Å². The molecule has 0 saturated carbocycles. The van der Waals surface area contributed by atoms with E-state index in [9.17, 15) is 4.79 Å². The second kappa shape index (κ2) is 5.87.